The summed E-state index contributed by atoms with van der Waals surface area (Å²) < 4.78 is 27.4. The Morgan fingerprint density at radius 3 is 2.38 bits per heavy atom. The molecule has 0 spiro atoms. The van der Waals surface area contributed by atoms with Crippen molar-refractivity contribution < 1.29 is 13.2 Å². The summed E-state index contributed by atoms with van der Waals surface area (Å²) in [6, 6.07) is 14.4. The fourth-order valence-corrected chi connectivity index (χ4v) is 6.17. The molecule has 0 aliphatic carbocycles. The molecule has 2 fully saturated rings. The topological polar surface area (TPSA) is 69.7 Å². The molecule has 2 aliphatic rings. The van der Waals surface area contributed by atoms with Crippen molar-refractivity contribution in [2.45, 2.75) is 43.7 Å². The highest BCUT2D eigenvalue weighted by atomic mass is 35.5. The number of nitrogens with one attached hydrogen (secondary N) is 1. The van der Waals surface area contributed by atoms with Crippen LogP contribution in [0.3, 0.4) is 0 Å². The van der Waals surface area contributed by atoms with Crippen LogP contribution < -0.4 is 5.32 Å². The van der Waals surface area contributed by atoms with Gasteiger partial charge in [-0.3, -0.25) is 9.69 Å². The third-order valence-electron chi connectivity index (χ3n) is 6.37. The van der Waals surface area contributed by atoms with Crippen molar-refractivity contribution in [1.29, 1.82) is 0 Å². The number of rotatable bonds is 7. The van der Waals surface area contributed by atoms with Crippen LogP contribution in [-0.2, 0) is 27.9 Å². The highest BCUT2D eigenvalue weighted by Crippen LogP contribution is 2.25. The highest BCUT2D eigenvalue weighted by Gasteiger charge is 2.33. The van der Waals surface area contributed by atoms with Gasteiger partial charge in [0.05, 0.1) is 10.8 Å². The van der Waals surface area contributed by atoms with Gasteiger partial charge in [0.15, 0.2) is 0 Å². The van der Waals surface area contributed by atoms with Crippen molar-refractivity contribution in [2.24, 2.45) is 5.92 Å². The summed E-state index contributed by atoms with van der Waals surface area (Å²) >= 11 is 5.89. The number of benzene rings is 2. The van der Waals surface area contributed by atoms with Crippen molar-refractivity contribution in [3.63, 3.8) is 0 Å². The standard InChI is InChI=1S/C24H30ClN3O3S/c25-22-9-11-23(12-10-22)32(30,31)28-15-5-8-21(18-28)24(29)26-16-19-6-1-2-7-20(19)17-27-13-3-4-14-27/h1-2,6-7,9-12,21H,3-5,8,13-18H2,(H,26,29)/t21-/m1/s1. The first-order valence-electron chi connectivity index (χ1n) is 11.3. The zero-order chi connectivity index (χ0) is 22.6. The van der Waals surface area contributed by atoms with Crippen LogP contribution in [0.4, 0.5) is 0 Å². The van der Waals surface area contributed by atoms with E-state index in [0.29, 0.717) is 31.0 Å². The number of halogens is 1. The minimum atomic E-state index is -3.64. The van der Waals surface area contributed by atoms with E-state index in [1.807, 2.05) is 12.1 Å². The quantitative estimate of drug-likeness (QED) is 0.663. The van der Waals surface area contributed by atoms with Crippen LogP contribution in [0.25, 0.3) is 0 Å². The van der Waals surface area contributed by atoms with Crippen LogP contribution in [0, 0.1) is 5.92 Å². The monoisotopic (exact) mass is 475 g/mol. The molecule has 0 unspecified atom stereocenters. The lowest BCUT2D eigenvalue weighted by Gasteiger charge is -2.31. The lowest BCUT2D eigenvalue weighted by atomic mass is 9.98. The van der Waals surface area contributed by atoms with Crippen LogP contribution in [0.2, 0.25) is 5.02 Å². The molecule has 4 rings (SSSR count). The van der Waals surface area contributed by atoms with E-state index < -0.39 is 10.0 Å². The van der Waals surface area contributed by atoms with E-state index in [2.05, 4.69) is 22.3 Å². The summed E-state index contributed by atoms with van der Waals surface area (Å²) in [6.45, 7) is 4.24. The van der Waals surface area contributed by atoms with Crippen LogP contribution >= 0.6 is 11.6 Å². The molecular weight excluding hydrogens is 446 g/mol. The summed E-state index contributed by atoms with van der Waals surface area (Å²) in [5, 5.41) is 3.55. The van der Waals surface area contributed by atoms with E-state index in [0.717, 1.165) is 25.2 Å². The molecule has 6 nitrogen and oxygen atoms in total. The number of sulfonamides is 1. The molecule has 2 aromatic rings. The molecule has 8 heteroatoms. The van der Waals surface area contributed by atoms with E-state index in [4.69, 9.17) is 11.6 Å². The number of hydrogen-bond acceptors (Lipinski definition) is 4. The van der Waals surface area contributed by atoms with Gasteiger partial charge in [0, 0.05) is 31.2 Å². The Labute approximate surface area is 195 Å². The van der Waals surface area contributed by atoms with Crippen LogP contribution in [-0.4, -0.2) is 49.7 Å². The van der Waals surface area contributed by atoms with E-state index in [-0.39, 0.29) is 23.3 Å². The molecule has 0 bridgehead atoms. The molecule has 0 radical (unpaired) electrons. The maximum absolute atomic E-state index is 13.0. The Morgan fingerprint density at radius 2 is 1.66 bits per heavy atom. The van der Waals surface area contributed by atoms with Gasteiger partial charge in [-0.2, -0.15) is 4.31 Å². The zero-order valence-electron chi connectivity index (χ0n) is 18.2. The number of amides is 1. The van der Waals surface area contributed by atoms with Gasteiger partial charge in [0.1, 0.15) is 0 Å². The highest BCUT2D eigenvalue weighted by molar-refractivity contribution is 7.89. The predicted molar refractivity (Wildman–Crippen MR) is 126 cm³/mol. The average Bonchev–Trinajstić information content (AvgIpc) is 3.32. The number of carbonyl (C=O) groups excluding carboxylic acids is 1. The molecular formula is C24H30ClN3O3S. The number of likely N-dealkylation sites (tertiary alicyclic amines) is 1. The predicted octanol–water partition coefficient (Wildman–Crippen LogP) is 3.65. The van der Waals surface area contributed by atoms with Crippen LogP contribution in [0.15, 0.2) is 53.4 Å². The van der Waals surface area contributed by atoms with E-state index >= 15 is 0 Å². The molecule has 2 heterocycles. The lowest BCUT2D eigenvalue weighted by molar-refractivity contribution is -0.126. The normalized spacial score (nSPS) is 20.3. The fraction of sp³-hybridized carbons (Fsp3) is 0.458. The van der Waals surface area contributed by atoms with Crippen LogP contribution in [0.5, 0.6) is 0 Å². The molecule has 1 atom stereocenters. The van der Waals surface area contributed by atoms with Gasteiger partial charge in [-0.25, -0.2) is 8.42 Å². The fourth-order valence-electron chi connectivity index (χ4n) is 4.52. The SMILES string of the molecule is O=C(NCc1ccccc1CN1CCCC1)[C@@H]1CCCN(S(=O)(=O)c2ccc(Cl)cc2)C1. The molecule has 172 valence electrons. The molecule has 32 heavy (non-hydrogen) atoms. The Bertz CT molecular complexity index is 1040. The molecule has 1 amide bonds. The minimum Gasteiger partial charge on any atom is -0.352 e. The summed E-state index contributed by atoms with van der Waals surface area (Å²) in [5.74, 6) is -0.437. The first-order valence-corrected chi connectivity index (χ1v) is 13.1. The summed E-state index contributed by atoms with van der Waals surface area (Å²) in [4.78, 5) is 15.6. The van der Waals surface area contributed by atoms with Gasteiger partial charge in [0.2, 0.25) is 15.9 Å². The van der Waals surface area contributed by atoms with E-state index in [1.54, 1.807) is 12.1 Å². The molecule has 2 saturated heterocycles. The number of piperidine rings is 1. The molecule has 2 aliphatic heterocycles. The summed E-state index contributed by atoms with van der Waals surface area (Å²) in [7, 11) is -3.64. The van der Waals surface area contributed by atoms with E-state index in [1.165, 1.54) is 34.8 Å². The maximum atomic E-state index is 13.0. The smallest absolute Gasteiger partial charge is 0.243 e. The van der Waals surface area contributed by atoms with Crippen LogP contribution in [0.1, 0.15) is 36.8 Å². The Morgan fingerprint density at radius 1 is 0.969 bits per heavy atom. The zero-order valence-corrected chi connectivity index (χ0v) is 19.7. The lowest BCUT2D eigenvalue weighted by Crippen LogP contribution is -2.45. The largest absolute Gasteiger partial charge is 0.352 e. The second-order valence-electron chi connectivity index (χ2n) is 8.63. The van der Waals surface area contributed by atoms with Crippen molar-refractivity contribution >= 4 is 27.5 Å². The first-order chi connectivity index (χ1) is 15.4. The Balaban J connectivity index is 1.37. The third-order valence-corrected chi connectivity index (χ3v) is 8.50. The van der Waals surface area contributed by atoms with Gasteiger partial charge in [-0.15, -0.1) is 0 Å². The molecule has 0 saturated carbocycles. The number of nitrogens with zero attached hydrogens (tertiary/aromatic N) is 2. The second-order valence-corrected chi connectivity index (χ2v) is 11.0. The summed E-state index contributed by atoms with van der Waals surface area (Å²) in [5.41, 5.74) is 2.36. The summed E-state index contributed by atoms with van der Waals surface area (Å²) in [6.07, 6.45) is 3.84. The van der Waals surface area contributed by atoms with Gasteiger partial charge < -0.3 is 5.32 Å². The van der Waals surface area contributed by atoms with Gasteiger partial charge >= 0.3 is 0 Å². The Kier molecular flexibility index (Phi) is 7.51. The number of hydrogen-bond donors (Lipinski definition) is 1. The van der Waals surface area contributed by atoms with Crippen molar-refractivity contribution in [1.82, 2.24) is 14.5 Å². The molecule has 1 N–H and O–H groups in total. The first kappa shape index (κ1) is 23.2. The Hall–Kier alpha value is -1.93. The second kappa shape index (κ2) is 10.3. The molecule has 0 aromatic heterocycles. The number of carbonyl (C=O) groups is 1. The van der Waals surface area contributed by atoms with Crippen molar-refractivity contribution in [3.05, 3.63) is 64.7 Å². The van der Waals surface area contributed by atoms with Gasteiger partial charge in [-0.1, -0.05) is 35.9 Å². The van der Waals surface area contributed by atoms with Crippen molar-refractivity contribution in [3.8, 4) is 0 Å². The van der Waals surface area contributed by atoms with Gasteiger partial charge in [0.25, 0.3) is 0 Å². The average molecular weight is 476 g/mol. The van der Waals surface area contributed by atoms with Gasteiger partial charge in [-0.05, 0) is 74.2 Å². The molecule has 2 aromatic carbocycles. The van der Waals surface area contributed by atoms with Crippen molar-refractivity contribution in [2.75, 3.05) is 26.2 Å². The minimum absolute atomic E-state index is 0.0861. The third kappa shape index (κ3) is 5.52. The maximum Gasteiger partial charge on any atom is 0.243 e. The van der Waals surface area contributed by atoms with E-state index in [9.17, 15) is 13.2 Å².